The molecule has 1 unspecified atom stereocenters. The van der Waals surface area contributed by atoms with Gasteiger partial charge in [0, 0.05) is 13.0 Å². The predicted molar refractivity (Wildman–Crippen MR) is 70.0 cm³/mol. The molecule has 1 rings (SSSR count). The second-order valence-electron chi connectivity index (χ2n) is 5.81. The fourth-order valence-electron chi connectivity index (χ4n) is 1.60. The summed E-state index contributed by atoms with van der Waals surface area (Å²) in [5.41, 5.74) is 0.228. The molecule has 1 aromatic heterocycles. The average molecular weight is 241 g/mol. The maximum absolute atomic E-state index is 5.27. The Morgan fingerprint density at radius 1 is 1.44 bits per heavy atom. The number of aromatic nitrogens is 3. The third-order valence-electron chi connectivity index (χ3n) is 2.70. The Morgan fingerprint density at radius 3 is 2.56 bits per heavy atom. The second kappa shape index (κ2) is 5.13. The van der Waals surface area contributed by atoms with Crippen molar-refractivity contribution in [3.05, 3.63) is 10.6 Å². The Bertz CT molecular complexity index is 384. The van der Waals surface area contributed by atoms with Gasteiger partial charge in [-0.05, 0) is 23.6 Å². The number of nitrogens with one attached hydrogen (secondary N) is 1. The number of aromatic amines is 1. The van der Waals surface area contributed by atoms with E-state index < -0.39 is 0 Å². The van der Waals surface area contributed by atoms with Crippen LogP contribution in [0.25, 0.3) is 0 Å². The van der Waals surface area contributed by atoms with Crippen LogP contribution in [0.3, 0.4) is 0 Å². The average Bonchev–Trinajstić information content (AvgIpc) is 2.47. The van der Waals surface area contributed by atoms with Gasteiger partial charge in [0.25, 0.3) is 0 Å². The molecule has 0 radical (unpaired) electrons. The number of hydrogen-bond acceptors (Lipinski definition) is 2. The minimum Gasteiger partial charge on any atom is -0.304 e. The molecule has 0 bridgehead atoms. The van der Waals surface area contributed by atoms with Gasteiger partial charge in [-0.1, -0.05) is 41.0 Å². The lowest BCUT2D eigenvalue weighted by atomic mass is 9.96. The summed E-state index contributed by atoms with van der Waals surface area (Å²) in [6, 6.07) is 0. The monoisotopic (exact) mass is 241 g/mol. The minimum atomic E-state index is 0.228. The standard InChI is InChI=1S/C12H23N3S/c1-6-9(2)7-10-13-14-11(16)15(10)8-12(3,4)5/h9H,6-8H2,1-5H3,(H,14,16). The van der Waals surface area contributed by atoms with Crippen LogP contribution in [0.5, 0.6) is 0 Å². The molecule has 4 heteroatoms. The summed E-state index contributed by atoms with van der Waals surface area (Å²) < 4.78 is 2.88. The van der Waals surface area contributed by atoms with E-state index in [9.17, 15) is 0 Å². The lowest BCUT2D eigenvalue weighted by molar-refractivity contribution is 0.332. The van der Waals surface area contributed by atoms with E-state index in [4.69, 9.17) is 12.2 Å². The molecule has 0 aliphatic carbocycles. The predicted octanol–water partition coefficient (Wildman–Crippen LogP) is 3.58. The van der Waals surface area contributed by atoms with Crippen LogP contribution in [-0.4, -0.2) is 14.8 Å². The summed E-state index contributed by atoms with van der Waals surface area (Å²) in [4.78, 5) is 0. The van der Waals surface area contributed by atoms with Gasteiger partial charge in [-0.2, -0.15) is 5.10 Å². The molecule has 0 aliphatic rings. The van der Waals surface area contributed by atoms with E-state index in [1.54, 1.807) is 0 Å². The first kappa shape index (κ1) is 13.4. The van der Waals surface area contributed by atoms with E-state index in [0.717, 1.165) is 23.6 Å². The maximum atomic E-state index is 5.27. The molecule has 0 aliphatic heterocycles. The smallest absolute Gasteiger partial charge is 0.195 e. The summed E-state index contributed by atoms with van der Waals surface area (Å²) in [5, 5.41) is 7.24. The molecule has 0 amide bonds. The van der Waals surface area contributed by atoms with Gasteiger partial charge in [-0.15, -0.1) is 0 Å². The number of hydrogen-bond donors (Lipinski definition) is 1. The second-order valence-corrected chi connectivity index (χ2v) is 6.20. The summed E-state index contributed by atoms with van der Waals surface area (Å²) >= 11 is 5.27. The number of rotatable bonds is 4. The molecule has 92 valence electrons. The van der Waals surface area contributed by atoms with E-state index in [1.807, 2.05) is 0 Å². The molecule has 3 nitrogen and oxygen atoms in total. The molecular formula is C12H23N3S. The van der Waals surface area contributed by atoms with E-state index >= 15 is 0 Å². The highest BCUT2D eigenvalue weighted by molar-refractivity contribution is 7.71. The highest BCUT2D eigenvalue weighted by atomic mass is 32.1. The number of nitrogens with zero attached hydrogens (tertiary/aromatic N) is 2. The highest BCUT2D eigenvalue weighted by Crippen LogP contribution is 2.19. The van der Waals surface area contributed by atoms with Crippen molar-refractivity contribution in [1.29, 1.82) is 0 Å². The molecule has 0 saturated carbocycles. The normalized spacial score (nSPS) is 14.1. The van der Waals surface area contributed by atoms with Gasteiger partial charge in [0.05, 0.1) is 0 Å². The van der Waals surface area contributed by atoms with Crippen LogP contribution < -0.4 is 0 Å². The van der Waals surface area contributed by atoms with Gasteiger partial charge < -0.3 is 4.57 Å². The van der Waals surface area contributed by atoms with Crippen molar-refractivity contribution in [3.63, 3.8) is 0 Å². The molecule has 0 spiro atoms. The van der Waals surface area contributed by atoms with Crippen molar-refractivity contribution in [1.82, 2.24) is 14.8 Å². The first-order valence-electron chi connectivity index (χ1n) is 5.97. The molecule has 16 heavy (non-hydrogen) atoms. The molecule has 1 atom stereocenters. The Kier molecular flexibility index (Phi) is 4.30. The van der Waals surface area contributed by atoms with Gasteiger partial charge in [-0.3, -0.25) is 5.10 Å². The topological polar surface area (TPSA) is 33.6 Å². The van der Waals surface area contributed by atoms with Crippen LogP contribution >= 0.6 is 12.2 Å². The molecule has 1 aromatic rings. The molecule has 1 N–H and O–H groups in total. The Morgan fingerprint density at radius 2 is 2.06 bits per heavy atom. The fourth-order valence-corrected chi connectivity index (χ4v) is 1.82. The van der Waals surface area contributed by atoms with Crippen molar-refractivity contribution in [3.8, 4) is 0 Å². The molecular weight excluding hydrogens is 218 g/mol. The summed E-state index contributed by atoms with van der Waals surface area (Å²) in [6.07, 6.45) is 2.18. The SMILES string of the molecule is CCC(C)Cc1n[nH]c(=S)n1CC(C)(C)C. The van der Waals surface area contributed by atoms with Crippen LogP contribution in [0.4, 0.5) is 0 Å². The zero-order valence-corrected chi connectivity index (χ0v) is 11.8. The zero-order valence-electron chi connectivity index (χ0n) is 11.0. The van der Waals surface area contributed by atoms with Crippen molar-refractivity contribution >= 4 is 12.2 Å². The zero-order chi connectivity index (χ0) is 12.3. The van der Waals surface area contributed by atoms with E-state index in [1.165, 1.54) is 6.42 Å². The van der Waals surface area contributed by atoms with Gasteiger partial charge >= 0.3 is 0 Å². The van der Waals surface area contributed by atoms with Crippen molar-refractivity contribution in [2.75, 3.05) is 0 Å². The quantitative estimate of drug-likeness (QED) is 0.818. The first-order chi connectivity index (χ1) is 7.33. The lowest BCUT2D eigenvalue weighted by Crippen LogP contribution is -2.18. The Balaban J connectivity index is 2.90. The van der Waals surface area contributed by atoms with Crippen LogP contribution in [0, 0.1) is 16.1 Å². The van der Waals surface area contributed by atoms with E-state index in [2.05, 4.69) is 49.4 Å². The third-order valence-corrected chi connectivity index (χ3v) is 3.01. The van der Waals surface area contributed by atoms with Crippen LogP contribution in [0.2, 0.25) is 0 Å². The molecule has 0 saturated heterocycles. The van der Waals surface area contributed by atoms with E-state index in [0.29, 0.717) is 5.92 Å². The largest absolute Gasteiger partial charge is 0.304 e. The summed E-state index contributed by atoms with van der Waals surface area (Å²) in [5.74, 6) is 1.75. The minimum absolute atomic E-state index is 0.228. The van der Waals surface area contributed by atoms with Crippen molar-refractivity contribution in [2.45, 2.75) is 54.0 Å². The van der Waals surface area contributed by atoms with Crippen LogP contribution in [0.1, 0.15) is 46.9 Å². The summed E-state index contributed by atoms with van der Waals surface area (Å²) in [6.45, 7) is 12.0. The highest BCUT2D eigenvalue weighted by Gasteiger charge is 2.16. The van der Waals surface area contributed by atoms with Crippen LogP contribution in [0.15, 0.2) is 0 Å². The molecule has 1 heterocycles. The Hall–Kier alpha value is -0.640. The van der Waals surface area contributed by atoms with Gasteiger partial charge in [-0.25, -0.2) is 0 Å². The van der Waals surface area contributed by atoms with E-state index in [-0.39, 0.29) is 5.41 Å². The van der Waals surface area contributed by atoms with Gasteiger partial charge in [0.1, 0.15) is 5.82 Å². The third kappa shape index (κ3) is 3.74. The molecule has 0 aromatic carbocycles. The van der Waals surface area contributed by atoms with Crippen LogP contribution in [-0.2, 0) is 13.0 Å². The van der Waals surface area contributed by atoms with Crippen molar-refractivity contribution in [2.24, 2.45) is 11.3 Å². The first-order valence-corrected chi connectivity index (χ1v) is 6.38. The van der Waals surface area contributed by atoms with Gasteiger partial charge in [0.15, 0.2) is 4.77 Å². The van der Waals surface area contributed by atoms with Crippen molar-refractivity contribution < 1.29 is 0 Å². The molecule has 0 fully saturated rings. The van der Waals surface area contributed by atoms with Gasteiger partial charge in [0.2, 0.25) is 0 Å². The Labute approximate surface area is 103 Å². The lowest BCUT2D eigenvalue weighted by Gasteiger charge is -2.20. The summed E-state index contributed by atoms with van der Waals surface area (Å²) in [7, 11) is 0. The number of H-pyrrole nitrogens is 1. The maximum Gasteiger partial charge on any atom is 0.195 e. The fraction of sp³-hybridized carbons (Fsp3) is 0.833.